The number of alkyl halides is 2. The number of halogens is 2. The van der Waals surface area contributed by atoms with E-state index in [0.717, 1.165) is 6.20 Å². The average Bonchev–Trinajstić information content (AvgIpc) is 2.35. The van der Waals surface area contributed by atoms with Gasteiger partial charge in [0.05, 0.1) is 19.9 Å². The third-order valence-corrected chi connectivity index (χ3v) is 4.17. The lowest BCUT2D eigenvalue weighted by Crippen LogP contribution is -2.34. The van der Waals surface area contributed by atoms with Gasteiger partial charge in [0.2, 0.25) is 15.9 Å². The second kappa shape index (κ2) is 6.05. The zero-order valence-corrected chi connectivity index (χ0v) is 10.8. The first-order valence-electron chi connectivity index (χ1n) is 5.20. The zero-order valence-electron chi connectivity index (χ0n) is 10.0. The van der Waals surface area contributed by atoms with Gasteiger partial charge < -0.3 is 4.74 Å². The number of sulfonamides is 1. The Morgan fingerprint density at radius 1 is 1.44 bits per heavy atom. The van der Waals surface area contributed by atoms with Crippen LogP contribution in [0.3, 0.4) is 0 Å². The largest absolute Gasteiger partial charge is 0.481 e. The topological polar surface area (TPSA) is 59.5 Å². The number of nitrogens with zero attached hydrogens (tertiary/aromatic N) is 2. The highest BCUT2D eigenvalue weighted by Crippen LogP contribution is 2.17. The summed E-state index contributed by atoms with van der Waals surface area (Å²) in [7, 11) is -2.54. The lowest BCUT2D eigenvalue weighted by atomic mass is 10.5. The second-order valence-corrected chi connectivity index (χ2v) is 5.32. The second-order valence-electron chi connectivity index (χ2n) is 3.38. The van der Waals surface area contributed by atoms with Crippen molar-refractivity contribution in [3.05, 3.63) is 18.3 Å². The zero-order chi connectivity index (χ0) is 13.8. The minimum Gasteiger partial charge on any atom is -0.481 e. The predicted octanol–water partition coefficient (Wildman–Crippen LogP) is 1.37. The smallest absolute Gasteiger partial charge is 0.252 e. The number of aromatic nitrogens is 1. The van der Waals surface area contributed by atoms with Gasteiger partial charge in [-0.2, -0.15) is 4.31 Å². The molecule has 0 spiro atoms. The van der Waals surface area contributed by atoms with Crippen molar-refractivity contribution in [2.75, 3.05) is 20.2 Å². The number of hydrogen-bond acceptors (Lipinski definition) is 4. The fourth-order valence-corrected chi connectivity index (χ4v) is 2.71. The monoisotopic (exact) mass is 280 g/mol. The maximum Gasteiger partial charge on any atom is 0.252 e. The van der Waals surface area contributed by atoms with Crippen LogP contribution in [0.25, 0.3) is 0 Å². The molecule has 0 aliphatic carbocycles. The van der Waals surface area contributed by atoms with Gasteiger partial charge in [-0.05, 0) is 6.07 Å². The maximum absolute atomic E-state index is 12.3. The maximum atomic E-state index is 12.3. The fourth-order valence-electron chi connectivity index (χ4n) is 1.34. The molecule has 8 heteroatoms. The fraction of sp³-hybridized carbons (Fsp3) is 0.500. The van der Waals surface area contributed by atoms with Gasteiger partial charge in [-0.25, -0.2) is 22.2 Å². The van der Waals surface area contributed by atoms with Gasteiger partial charge in [-0.1, -0.05) is 6.92 Å². The van der Waals surface area contributed by atoms with E-state index in [0.29, 0.717) is 4.31 Å². The molecule has 0 aliphatic heterocycles. The standard InChI is InChI=1S/C10H14F2N2O3S/c1-3-14(7-9(11)12)18(15,16)8-4-5-10(17-2)13-6-8/h4-6,9H,3,7H2,1-2H3. The number of methoxy groups -OCH3 is 1. The summed E-state index contributed by atoms with van der Waals surface area (Å²) in [6.45, 7) is 0.639. The highest BCUT2D eigenvalue weighted by molar-refractivity contribution is 7.89. The van der Waals surface area contributed by atoms with Crippen molar-refractivity contribution in [1.82, 2.24) is 9.29 Å². The molecule has 1 aromatic rings. The van der Waals surface area contributed by atoms with Crippen molar-refractivity contribution in [3.63, 3.8) is 0 Å². The molecule has 0 aromatic carbocycles. The Balaban J connectivity index is 3.02. The molecule has 0 saturated heterocycles. The van der Waals surface area contributed by atoms with Crippen molar-refractivity contribution < 1.29 is 21.9 Å². The summed E-state index contributed by atoms with van der Waals surface area (Å²) in [6.07, 6.45) is -1.63. The summed E-state index contributed by atoms with van der Waals surface area (Å²) < 4.78 is 54.1. The first kappa shape index (κ1) is 14.8. The van der Waals surface area contributed by atoms with E-state index in [-0.39, 0.29) is 17.3 Å². The van der Waals surface area contributed by atoms with Crippen LogP contribution in [0.4, 0.5) is 8.78 Å². The van der Waals surface area contributed by atoms with E-state index >= 15 is 0 Å². The molecule has 1 rings (SSSR count). The van der Waals surface area contributed by atoms with Crippen molar-refractivity contribution >= 4 is 10.0 Å². The Morgan fingerprint density at radius 2 is 2.11 bits per heavy atom. The molecule has 0 atom stereocenters. The van der Waals surface area contributed by atoms with Crippen molar-refractivity contribution in [3.8, 4) is 5.88 Å². The van der Waals surface area contributed by atoms with Crippen molar-refractivity contribution in [2.24, 2.45) is 0 Å². The third kappa shape index (κ3) is 3.36. The summed E-state index contributed by atoms with van der Waals surface area (Å²) in [4.78, 5) is 3.61. The molecule has 1 heterocycles. The molecule has 0 bridgehead atoms. The van der Waals surface area contributed by atoms with Crippen molar-refractivity contribution in [1.29, 1.82) is 0 Å². The van der Waals surface area contributed by atoms with E-state index in [2.05, 4.69) is 4.98 Å². The van der Waals surface area contributed by atoms with Crippen LogP contribution in [0.2, 0.25) is 0 Å². The molecular formula is C10H14F2N2O3S. The van der Waals surface area contributed by atoms with Crippen LogP contribution < -0.4 is 4.74 Å². The number of ether oxygens (including phenoxy) is 1. The molecule has 0 fully saturated rings. The Morgan fingerprint density at radius 3 is 2.50 bits per heavy atom. The van der Waals surface area contributed by atoms with Crippen LogP contribution in [0.15, 0.2) is 23.2 Å². The van der Waals surface area contributed by atoms with E-state index in [9.17, 15) is 17.2 Å². The number of rotatable bonds is 6. The van der Waals surface area contributed by atoms with Crippen LogP contribution in [0.5, 0.6) is 5.88 Å². The average molecular weight is 280 g/mol. The Labute approximate surface area is 104 Å². The van der Waals surface area contributed by atoms with Crippen LogP contribution in [0, 0.1) is 0 Å². The van der Waals surface area contributed by atoms with E-state index in [1.54, 1.807) is 0 Å². The normalized spacial score (nSPS) is 12.1. The van der Waals surface area contributed by atoms with Crippen LogP contribution >= 0.6 is 0 Å². The molecule has 0 saturated carbocycles. The van der Waals surface area contributed by atoms with Gasteiger partial charge >= 0.3 is 0 Å². The summed E-state index contributed by atoms with van der Waals surface area (Å²) in [5.41, 5.74) is 0. The minimum atomic E-state index is -3.94. The van der Waals surface area contributed by atoms with Gasteiger partial charge in [0.15, 0.2) is 0 Å². The summed E-state index contributed by atoms with van der Waals surface area (Å²) in [5.74, 6) is 0.255. The van der Waals surface area contributed by atoms with Gasteiger partial charge in [0.25, 0.3) is 6.43 Å². The molecule has 1 aromatic heterocycles. The predicted molar refractivity (Wildman–Crippen MR) is 61.2 cm³/mol. The lowest BCUT2D eigenvalue weighted by molar-refractivity contribution is 0.121. The molecule has 0 amide bonds. The minimum absolute atomic E-state index is 0.0291. The molecule has 18 heavy (non-hydrogen) atoms. The molecule has 0 unspecified atom stereocenters. The number of hydrogen-bond donors (Lipinski definition) is 0. The van der Waals surface area contributed by atoms with E-state index in [1.165, 1.54) is 26.2 Å². The van der Waals surface area contributed by atoms with Crippen LogP contribution in [0.1, 0.15) is 6.92 Å². The quantitative estimate of drug-likeness (QED) is 0.789. The summed E-state index contributed by atoms with van der Waals surface area (Å²) in [6, 6.07) is 2.64. The van der Waals surface area contributed by atoms with Crippen LogP contribution in [-0.2, 0) is 10.0 Å². The van der Waals surface area contributed by atoms with E-state index in [1.807, 2.05) is 0 Å². The van der Waals surface area contributed by atoms with E-state index in [4.69, 9.17) is 4.74 Å². The first-order chi connectivity index (χ1) is 8.41. The third-order valence-electron chi connectivity index (χ3n) is 2.25. The Hall–Kier alpha value is -1.28. The van der Waals surface area contributed by atoms with Gasteiger partial charge in [-0.15, -0.1) is 0 Å². The number of pyridine rings is 1. The highest BCUT2D eigenvalue weighted by Gasteiger charge is 2.26. The summed E-state index contributed by atoms with van der Waals surface area (Å²) in [5, 5.41) is 0. The molecule has 0 aliphatic rings. The van der Waals surface area contributed by atoms with Gasteiger partial charge in [-0.3, -0.25) is 0 Å². The van der Waals surface area contributed by atoms with Gasteiger partial charge in [0, 0.05) is 12.6 Å². The molecule has 102 valence electrons. The highest BCUT2D eigenvalue weighted by atomic mass is 32.2. The SMILES string of the molecule is CCN(CC(F)F)S(=O)(=O)c1ccc(OC)nc1. The first-order valence-corrected chi connectivity index (χ1v) is 6.64. The lowest BCUT2D eigenvalue weighted by Gasteiger charge is -2.19. The van der Waals surface area contributed by atoms with Gasteiger partial charge in [0.1, 0.15) is 4.90 Å². The molecule has 0 N–H and O–H groups in total. The van der Waals surface area contributed by atoms with Crippen molar-refractivity contribution in [2.45, 2.75) is 18.2 Å². The molecule has 0 radical (unpaired) electrons. The molecule has 5 nitrogen and oxygen atoms in total. The Bertz CT molecular complexity index is 476. The molecular weight excluding hydrogens is 266 g/mol. The summed E-state index contributed by atoms with van der Waals surface area (Å²) >= 11 is 0. The van der Waals surface area contributed by atoms with Crippen LogP contribution in [-0.4, -0.2) is 44.3 Å². The Kier molecular flexibility index (Phi) is 4.97. The van der Waals surface area contributed by atoms with E-state index < -0.39 is 23.0 Å².